The molecule has 0 spiro atoms. The minimum Gasteiger partial charge on any atom is -0.394 e. The van der Waals surface area contributed by atoms with Crippen LogP contribution >= 0.6 is 0 Å². The zero-order chi connectivity index (χ0) is 14.5. The molecule has 0 unspecified atom stereocenters. The van der Waals surface area contributed by atoms with Crippen LogP contribution in [0.2, 0.25) is 0 Å². The summed E-state index contributed by atoms with van der Waals surface area (Å²) in [6.45, 7) is 1.05. The fraction of sp³-hybridized carbons (Fsp3) is 0.500. The Morgan fingerprint density at radius 3 is 2.95 bits per heavy atom. The van der Waals surface area contributed by atoms with Gasteiger partial charge in [-0.15, -0.1) is 0 Å². The summed E-state index contributed by atoms with van der Waals surface area (Å²) >= 11 is 0. The molecule has 0 bridgehead atoms. The van der Waals surface area contributed by atoms with Crippen LogP contribution in [0.3, 0.4) is 0 Å². The lowest BCUT2D eigenvalue weighted by Gasteiger charge is -2.25. The molecule has 8 heteroatoms. The van der Waals surface area contributed by atoms with Crippen LogP contribution in [0.5, 0.6) is 0 Å². The molecule has 4 N–H and O–H groups in total. The summed E-state index contributed by atoms with van der Waals surface area (Å²) in [7, 11) is 0. The van der Waals surface area contributed by atoms with E-state index in [9.17, 15) is 9.50 Å². The molecule has 2 aromatic heterocycles. The van der Waals surface area contributed by atoms with Crippen molar-refractivity contribution in [3.8, 4) is 0 Å². The highest BCUT2D eigenvalue weighted by molar-refractivity contribution is 5.65. The first kappa shape index (κ1) is 13.2. The molecular weight excluding hydrogens is 267 g/mol. The Balaban J connectivity index is 2.13. The van der Waals surface area contributed by atoms with Crippen molar-refractivity contribution in [3.63, 3.8) is 0 Å². The number of aliphatic hydroxyl groups is 2. The largest absolute Gasteiger partial charge is 0.394 e. The fourth-order valence-corrected chi connectivity index (χ4v) is 2.64. The number of halogens is 1. The number of fused-ring (bicyclic) bond motifs is 1. The molecule has 7 nitrogen and oxygen atoms in total. The van der Waals surface area contributed by atoms with Gasteiger partial charge in [-0.1, -0.05) is 0 Å². The Morgan fingerprint density at radius 2 is 2.30 bits per heavy atom. The third-order valence-electron chi connectivity index (χ3n) is 3.77. The number of anilines is 1. The van der Waals surface area contributed by atoms with Gasteiger partial charge in [0.25, 0.3) is 0 Å². The van der Waals surface area contributed by atoms with Crippen molar-refractivity contribution >= 4 is 11.3 Å². The van der Waals surface area contributed by atoms with Gasteiger partial charge in [0.05, 0.1) is 12.3 Å². The molecule has 108 valence electrons. The smallest absolute Gasteiger partial charge is 0.163 e. The average molecular weight is 282 g/mol. The molecule has 20 heavy (non-hydrogen) atoms. The lowest BCUT2D eigenvalue weighted by molar-refractivity contribution is -0.0780. The van der Waals surface area contributed by atoms with E-state index in [1.807, 2.05) is 0 Å². The molecule has 3 heterocycles. The van der Waals surface area contributed by atoms with Gasteiger partial charge in [0.1, 0.15) is 29.7 Å². The van der Waals surface area contributed by atoms with Gasteiger partial charge in [0, 0.05) is 0 Å². The summed E-state index contributed by atoms with van der Waals surface area (Å²) in [6.07, 6.45) is -2.79. The molecule has 0 amide bonds. The van der Waals surface area contributed by atoms with Gasteiger partial charge in [-0.3, -0.25) is 0 Å². The van der Waals surface area contributed by atoms with Gasteiger partial charge in [-0.25, -0.2) is 13.9 Å². The first-order valence-corrected chi connectivity index (χ1v) is 6.18. The van der Waals surface area contributed by atoms with Crippen molar-refractivity contribution in [2.24, 2.45) is 0 Å². The van der Waals surface area contributed by atoms with Crippen LogP contribution < -0.4 is 5.73 Å². The van der Waals surface area contributed by atoms with E-state index in [0.29, 0.717) is 11.2 Å². The number of hydrogen-bond donors (Lipinski definition) is 3. The van der Waals surface area contributed by atoms with Crippen molar-refractivity contribution in [1.29, 1.82) is 0 Å². The predicted octanol–water partition coefficient (Wildman–Crippen LogP) is -0.383. The summed E-state index contributed by atoms with van der Waals surface area (Å²) in [4.78, 5) is 3.86. The summed E-state index contributed by atoms with van der Waals surface area (Å²) < 4.78 is 21.4. The van der Waals surface area contributed by atoms with E-state index in [-0.39, 0.29) is 5.82 Å². The molecular formula is C12H15FN4O3. The fourth-order valence-electron chi connectivity index (χ4n) is 2.64. The van der Waals surface area contributed by atoms with Gasteiger partial charge >= 0.3 is 0 Å². The predicted molar refractivity (Wildman–Crippen MR) is 67.6 cm³/mol. The molecule has 0 radical (unpaired) electrons. The zero-order valence-electron chi connectivity index (χ0n) is 10.8. The second-order valence-corrected chi connectivity index (χ2v) is 5.00. The Hall–Kier alpha value is -1.77. The number of aromatic nitrogens is 3. The van der Waals surface area contributed by atoms with E-state index < -0.39 is 30.6 Å². The van der Waals surface area contributed by atoms with Crippen LogP contribution in [0, 0.1) is 0 Å². The van der Waals surface area contributed by atoms with Crippen molar-refractivity contribution in [2.45, 2.75) is 30.9 Å². The Labute approximate surface area is 113 Å². The van der Waals surface area contributed by atoms with Crippen LogP contribution in [0.1, 0.15) is 12.6 Å². The number of alkyl halides is 1. The number of nitrogens with zero attached hydrogens (tertiary/aromatic N) is 3. The second kappa shape index (κ2) is 4.37. The molecule has 3 rings (SSSR count). The molecule has 0 aromatic carbocycles. The van der Waals surface area contributed by atoms with Crippen LogP contribution in [-0.4, -0.2) is 49.8 Å². The van der Waals surface area contributed by atoms with Gasteiger partial charge in [-0.05, 0) is 19.1 Å². The van der Waals surface area contributed by atoms with Crippen molar-refractivity contribution in [2.75, 3.05) is 12.3 Å². The lowest BCUT2D eigenvalue weighted by Crippen LogP contribution is -2.36. The normalized spacial score (nSPS) is 33.9. The van der Waals surface area contributed by atoms with E-state index in [2.05, 4.69) is 10.1 Å². The minimum absolute atomic E-state index is 0.266. The van der Waals surface area contributed by atoms with Crippen molar-refractivity contribution in [1.82, 2.24) is 14.6 Å². The lowest BCUT2D eigenvalue weighted by atomic mass is 9.94. The highest BCUT2D eigenvalue weighted by Crippen LogP contribution is 2.41. The van der Waals surface area contributed by atoms with Crippen LogP contribution in [0.25, 0.3) is 5.52 Å². The number of nitrogens with two attached hydrogens (primary N) is 1. The summed E-state index contributed by atoms with van der Waals surface area (Å²) in [6, 6.07) is 3.28. The quantitative estimate of drug-likeness (QED) is 0.693. The van der Waals surface area contributed by atoms with Gasteiger partial charge < -0.3 is 20.7 Å². The highest BCUT2D eigenvalue weighted by Gasteiger charge is 2.54. The maximum Gasteiger partial charge on any atom is 0.163 e. The van der Waals surface area contributed by atoms with E-state index in [1.165, 1.54) is 17.8 Å². The number of aliphatic hydroxyl groups excluding tert-OH is 2. The molecule has 0 saturated carbocycles. The van der Waals surface area contributed by atoms with Gasteiger partial charge in [0.2, 0.25) is 0 Å². The average Bonchev–Trinajstić information content (AvgIpc) is 2.96. The van der Waals surface area contributed by atoms with Crippen LogP contribution in [-0.2, 0) is 10.3 Å². The monoisotopic (exact) mass is 282 g/mol. The summed E-state index contributed by atoms with van der Waals surface area (Å²) in [5, 5.41) is 23.0. The number of rotatable bonds is 2. The molecule has 2 aromatic rings. The number of nitrogen functional groups attached to an aromatic ring is 1. The number of ether oxygens (including phenoxy) is 1. The summed E-state index contributed by atoms with van der Waals surface area (Å²) in [5.41, 5.74) is 5.25. The Kier molecular flexibility index (Phi) is 2.89. The standard InChI is InChI=1S/C12H15FN4O3/c1-12(10(13)9(19)7(4-18)20-12)8-3-2-6-11(14)15-5-16-17(6)8/h2-3,5,7,9-10,18-19H,4H2,1H3,(H2,14,15,16)/t7-,9-,10-,12-/m1/s1. The maximum absolute atomic E-state index is 14.4. The topological polar surface area (TPSA) is 106 Å². The number of hydrogen-bond acceptors (Lipinski definition) is 6. The first-order valence-electron chi connectivity index (χ1n) is 6.18. The van der Waals surface area contributed by atoms with E-state index in [1.54, 1.807) is 12.1 Å². The third kappa shape index (κ3) is 1.62. The van der Waals surface area contributed by atoms with Gasteiger partial charge in [-0.2, -0.15) is 5.10 Å². The Morgan fingerprint density at radius 1 is 1.55 bits per heavy atom. The third-order valence-corrected chi connectivity index (χ3v) is 3.77. The molecule has 4 atom stereocenters. The Bertz CT molecular complexity index is 649. The molecule has 1 fully saturated rings. The van der Waals surface area contributed by atoms with Gasteiger partial charge in [0.15, 0.2) is 12.0 Å². The van der Waals surface area contributed by atoms with Crippen LogP contribution in [0.4, 0.5) is 10.2 Å². The highest BCUT2D eigenvalue weighted by atomic mass is 19.1. The minimum atomic E-state index is -1.69. The molecule has 1 saturated heterocycles. The molecule has 0 aliphatic carbocycles. The van der Waals surface area contributed by atoms with Crippen LogP contribution in [0.15, 0.2) is 18.5 Å². The first-order chi connectivity index (χ1) is 9.49. The van der Waals surface area contributed by atoms with E-state index in [0.717, 1.165) is 0 Å². The van der Waals surface area contributed by atoms with E-state index >= 15 is 0 Å². The van der Waals surface area contributed by atoms with Crippen molar-refractivity contribution in [3.05, 3.63) is 24.2 Å². The van der Waals surface area contributed by atoms with E-state index in [4.69, 9.17) is 15.6 Å². The summed E-state index contributed by atoms with van der Waals surface area (Å²) in [5.74, 6) is 0.266. The zero-order valence-corrected chi connectivity index (χ0v) is 10.8. The molecule has 1 aliphatic heterocycles. The SMILES string of the molecule is C[C@]1(c2ccc3c(N)ncnn23)O[C@H](CO)[C@@H](O)[C@H]1F. The second-order valence-electron chi connectivity index (χ2n) is 5.00. The maximum atomic E-state index is 14.4. The molecule has 1 aliphatic rings. The van der Waals surface area contributed by atoms with Crippen molar-refractivity contribution < 1.29 is 19.3 Å².